The molecule has 3 rings (SSSR count). The zero-order valence-corrected chi connectivity index (χ0v) is 20.9. The van der Waals surface area contributed by atoms with Gasteiger partial charge in [-0.2, -0.15) is 5.10 Å². The van der Waals surface area contributed by atoms with Crippen LogP contribution in [-0.2, 0) is 11.8 Å². The van der Waals surface area contributed by atoms with Gasteiger partial charge in [0.05, 0.1) is 25.5 Å². The van der Waals surface area contributed by atoms with Gasteiger partial charge in [0.15, 0.2) is 5.96 Å². The van der Waals surface area contributed by atoms with E-state index in [4.69, 9.17) is 4.74 Å². The van der Waals surface area contributed by atoms with Gasteiger partial charge in [-0.3, -0.25) is 19.3 Å². The van der Waals surface area contributed by atoms with Crippen LogP contribution in [0.25, 0.3) is 0 Å². The molecule has 1 aromatic heterocycles. The zero-order valence-electron chi connectivity index (χ0n) is 18.6. The van der Waals surface area contributed by atoms with Crippen molar-refractivity contribution in [3.8, 4) is 5.75 Å². The summed E-state index contributed by atoms with van der Waals surface area (Å²) in [5, 5.41) is 10.2. The molecule has 0 aliphatic carbocycles. The molecule has 0 bridgehead atoms. The highest BCUT2D eigenvalue weighted by Gasteiger charge is 2.27. The Morgan fingerprint density at radius 1 is 1.28 bits per heavy atom. The first-order valence-corrected chi connectivity index (χ1v) is 10.3. The maximum absolute atomic E-state index is 12.6. The van der Waals surface area contributed by atoms with Crippen LogP contribution in [0.5, 0.6) is 5.75 Å². The van der Waals surface area contributed by atoms with Crippen molar-refractivity contribution in [1.29, 1.82) is 0 Å². The molecular weight excluding hydrogens is 525 g/mol. The fraction of sp³-hybridized carbons (Fsp3) is 0.429. The number of carbonyl (C=O) groups is 2. The van der Waals surface area contributed by atoms with Crippen LogP contribution in [0, 0.1) is 0 Å². The predicted molar refractivity (Wildman–Crippen MR) is 134 cm³/mol. The summed E-state index contributed by atoms with van der Waals surface area (Å²) < 4.78 is 6.83. The van der Waals surface area contributed by atoms with E-state index >= 15 is 0 Å². The van der Waals surface area contributed by atoms with Crippen molar-refractivity contribution in [2.75, 3.05) is 51.3 Å². The average Bonchev–Trinajstić information content (AvgIpc) is 3.21. The lowest BCUT2D eigenvalue weighted by molar-refractivity contribution is -0.120. The molecule has 0 atom stereocenters. The van der Waals surface area contributed by atoms with Crippen LogP contribution >= 0.6 is 24.0 Å². The monoisotopic (exact) mass is 555 g/mol. The lowest BCUT2D eigenvalue weighted by Gasteiger charge is -2.35. The third-order valence-electron chi connectivity index (χ3n) is 4.85. The van der Waals surface area contributed by atoms with Gasteiger partial charge in [0.1, 0.15) is 12.3 Å². The number of aliphatic imine (C=N–C) groups is 1. The van der Waals surface area contributed by atoms with E-state index in [-0.39, 0.29) is 42.3 Å². The molecule has 1 aliphatic rings. The summed E-state index contributed by atoms with van der Waals surface area (Å²) in [5.74, 6) is 1.11. The average molecular weight is 555 g/mol. The molecule has 0 radical (unpaired) electrons. The maximum Gasteiger partial charge on any atom is 0.251 e. The number of anilines is 1. The van der Waals surface area contributed by atoms with Crippen LogP contribution in [0.1, 0.15) is 17.3 Å². The van der Waals surface area contributed by atoms with Crippen molar-refractivity contribution in [1.82, 2.24) is 25.3 Å². The molecule has 2 N–H and O–H groups in total. The molecule has 11 heteroatoms. The summed E-state index contributed by atoms with van der Waals surface area (Å²) in [7, 11) is 3.39. The minimum absolute atomic E-state index is 0. The van der Waals surface area contributed by atoms with E-state index in [9.17, 15) is 9.59 Å². The number of amides is 2. The number of benzene rings is 1. The smallest absolute Gasteiger partial charge is 0.251 e. The minimum Gasteiger partial charge on any atom is -0.497 e. The van der Waals surface area contributed by atoms with Crippen LogP contribution in [0.2, 0.25) is 0 Å². The van der Waals surface area contributed by atoms with Gasteiger partial charge in [0.2, 0.25) is 5.91 Å². The number of ether oxygens (including phenoxy) is 1. The summed E-state index contributed by atoms with van der Waals surface area (Å²) in [5.41, 5.74) is 1.33. The molecule has 0 spiro atoms. The molecule has 174 valence electrons. The van der Waals surface area contributed by atoms with Gasteiger partial charge in [0, 0.05) is 45.0 Å². The number of aryl methyl sites for hydroxylation is 1. The van der Waals surface area contributed by atoms with Gasteiger partial charge in [-0.15, -0.1) is 24.0 Å². The molecule has 2 amide bonds. The number of nitrogens with zero attached hydrogens (tertiary/aromatic N) is 5. The lowest BCUT2D eigenvalue weighted by atomic mass is 10.2. The van der Waals surface area contributed by atoms with Crippen LogP contribution in [-0.4, -0.2) is 78.8 Å². The van der Waals surface area contributed by atoms with E-state index in [1.165, 1.54) is 0 Å². The normalized spacial score (nSPS) is 14.1. The molecule has 2 aromatic rings. The van der Waals surface area contributed by atoms with Crippen LogP contribution in [0.3, 0.4) is 0 Å². The van der Waals surface area contributed by atoms with E-state index in [2.05, 4.69) is 20.7 Å². The molecule has 1 saturated heterocycles. The highest BCUT2D eigenvalue weighted by molar-refractivity contribution is 14.0. The molecule has 2 heterocycles. The molecule has 1 fully saturated rings. The van der Waals surface area contributed by atoms with Crippen LogP contribution < -0.4 is 20.3 Å². The fourth-order valence-corrected chi connectivity index (χ4v) is 3.30. The number of rotatable bonds is 7. The van der Waals surface area contributed by atoms with Gasteiger partial charge in [0.25, 0.3) is 5.91 Å². The van der Waals surface area contributed by atoms with Gasteiger partial charge < -0.3 is 25.2 Å². The summed E-state index contributed by atoms with van der Waals surface area (Å²) in [6.07, 6.45) is 3.52. The van der Waals surface area contributed by atoms with E-state index in [0.29, 0.717) is 50.0 Å². The summed E-state index contributed by atoms with van der Waals surface area (Å²) in [6, 6.07) is 6.99. The molecule has 0 unspecified atom stereocenters. The zero-order chi connectivity index (χ0) is 22.2. The summed E-state index contributed by atoms with van der Waals surface area (Å²) in [6.45, 7) is 4.89. The van der Waals surface area contributed by atoms with Crippen molar-refractivity contribution in [2.24, 2.45) is 12.0 Å². The molecule has 1 aromatic carbocycles. The fourth-order valence-electron chi connectivity index (χ4n) is 3.30. The Bertz CT molecular complexity index is 947. The largest absolute Gasteiger partial charge is 0.497 e. The molecular formula is C21H30IN7O3. The Hall–Kier alpha value is -2.83. The number of methoxy groups -OCH3 is 1. The second-order valence-electron chi connectivity index (χ2n) is 7.06. The minimum atomic E-state index is -0.181. The molecule has 10 nitrogen and oxygen atoms in total. The summed E-state index contributed by atoms with van der Waals surface area (Å²) >= 11 is 0. The van der Waals surface area contributed by atoms with E-state index in [0.717, 1.165) is 5.69 Å². The van der Waals surface area contributed by atoms with E-state index in [1.807, 2.05) is 25.1 Å². The van der Waals surface area contributed by atoms with Gasteiger partial charge in [-0.05, 0) is 25.1 Å². The van der Waals surface area contributed by atoms with Crippen molar-refractivity contribution in [3.63, 3.8) is 0 Å². The van der Waals surface area contributed by atoms with Crippen molar-refractivity contribution in [3.05, 3.63) is 42.2 Å². The van der Waals surface area contributed by atoms with Gasteiger partial charge >= 0.3 is 0 Å². The number of aromatic nitrogens is 2. The van der Waals surface area contributed by atoms with Crippen LogP contribution in [0.4, 0.5) is 5.69 Å². The quantitative estimate of drug-likeness (QED) is 0.230. The van der Waals surface area contributed by atoms with E-state index in [1.54, 1.807) is 47.2 Å². The number of piperazine rings is 1. The molecule has 32 heavy (non-hydrogen) atoms. The highest BCUT2D eigenvalue weighted by Crippen LogP contribution is 2.16. The highest BCUT2D eigenvalue weighted by atomic mass is 127. The first-order chi connectivity index (χ1) is 15.0. The van der Waals surface area contributed by atoms with Crippen LogP contribution in [0.15, 0.2) is 41.7 Å². The van der Waals surface area contributed by atoms with Crippen molar-refractivity contribution >= 4 is 47.4 Å². The Morgan fingerprint density at radius 3 is 2.75 bits per heavy atom. The number of carbonyl (C=O) groups excluding carboxylic acids is 2. The Balaban J connectivity index is 0.00000363. The Kier molecular flexibility index (Phi) is 9.75. The molecule has 1 aliphatic heterocycles. The maximum atomic E-state index is 12.6. The number of guanidine groups is 1. The standard InChI is InChI=1S/C21H29N7O3.HI/c1-4-22-21(24-9-8-23-20(30)16-6-5-7-18(12-16)31-3)27-10-11-28(19(29)15-27)17-13-25-26(2)14-17;/h5-7,12-14H,4,8-11,15H2,1-3H3,(H,22,24)(H,23,30);1H. The summed E-state index contributed by atoms with van der Waals surface area (Å²) in [4.78, 5) is 33.2. The van der Waals surface area contributed by atoms with E-state index < -0.39 is 0 Å². The third-order valence-corrected chi connectivity index (χ3v) is 4.85. The van der Waals surface area contributed by atoms with Gasteiger partial charge in [-0.1, -0.05) is 6.07 Å². The predicted octanol–water partition coefficient (Wildman–Crippen LogP) is 1.09. The van der Waals surface area contributed by atoms with Crippen molar-refractivity contribution < 1.29 is 14.3 Å². The second kappa shape index (κ2) is 12.3. The first kappa shape index (κ1) is 25.4. The lowest BCUT2D eigenvalue weighted by Crippen LogP contribution is -2.55. The Labute approximate surface area is 205 Å². The third kappa shape index (κ3) is 6.58. The number of hydrogen-bond acceptors (Lipinski definition) is 5. The SMILES string of the molecule is CCNC(=NCCNC(=O)c1cccc(OC)c1)N1CCN(c2cnn(C)c2)C(=O)C1.I. The number of nitrogens with one attached hydrogen (secondary N) is 2. The second-order valence-corrected chi connectivity index (χ2v) is 7.06. The van der Waals surface area contributed by atoms with Crippen molar-refractivity contribution in [2.45, 2.75) is 6.92 Å². The topological polar surface area (TPSA) is 104 Å². The molecule has 0 saturated carbocycles. The number of halogens is 1. The number of hydrogen-bond donors (Lipinski definition) is 2. The Morgan fingerprint density at radius 2 is 2.09 bits per heavy atom. The van der Waals surface area contributed by atoms with Gasteiger partial charge in [-0.25, -0.2) is 0 Å². The first-order valence-electron chi connectivity index (χ1n) is 10.3.